The third-order valence-corrected chi connectivity index (χ3v) is 2.74. The maximum absolute atomic E-state index is 6.09. The van der Waals surface area contributed by atoms with E-state index in [0.29, 0.717) is 5.02 Å². The highest BCUT2D eigenvalue weighted by Crippen LogP contribution is 2.34. The van der Waals surface area contributed by atoms with Gasteiger partial charge in [0.2, 0.25) is 0 Å². The van der Waals surface area contributed by atoms with Crippen molar-refractivity contribution >= 4 is 11.6 Å². The molecule has 0 radical (unpaired) electrons. The predicted molar refractivity (Wildman–Crippen MR) is 55.3 cm³/mol. The average Bonchev–Trinajstić information content (AvgIpc) is 2.19. The summed E-state index contributed by atoms with van der Waals surface area (Å²) in [6.07, 6.45) is 0.944. The summed E-state index contributed by atoms with van der Waals surface area (Å²) < 4.78 is 11.3. The summed E-state index contributed by atoms with van der Waals surface area (Å²) in [7, 11) is 0. The van der Waals surface area contributed by atoms with E-state index in [9.17, 15) is 0 Å². The average molecular weight is 213 g/mol. The lowest BCUT2D eigenvalue weighted by Gasteiger charge is -2.34. The maximum Gasteiger partial charge on any atom is 0.193 e. The molecule has 76 valence electrons. The van der Waals surface area contributed by atoms with E-state index in [2.05, 4.69) is 0 Å². The Kier molecular flexibility index (Phi) is 2.77. The van der Waals surface area contributed by atoms with Gasteiger partial charge in [0.25, 0.3) is 0 Å². The van der Waals surface area contributed by atoms with E-state index in [1.165, 1.54) is 0 Å². The Hall–Kier alpha value is -0.570. The molecule has 1 aliphatic heterocycles. The molecule has 0 bridgehead atoms. The third-order valence-electron chi connectivity index (χ3n) is 2.41. The fourth-order valence-electron chi connectivity index (χ4n) is 1.62. The Morgan fingerprint density at radius 1 is 1.21 bits per heavy atom. The Morgan fingerprint density at radius 2 is 1.86 bits per heavy atom. The normalized spacial score (nSPS) is 20.7. The van der Waals surface area contributed by atoms with Crippen LogP contribution in [0.4, 0.5) is 0 Å². The minimum absolute atomic E-state index is 0.670. The van der Waals surface area contributed by atoms with Crippen LogP contribution in [-0.4, -0.2) is 13.2 Å². The SMILES string of the molecule is CC1(c2ccccc2Cl)OCCCO1. The molecule has 14 heavy (non-hydrogen) atoms. The number of halogens is 1. The van der Waals surface area contributed by atoms with Gasteiger partial charge in [0, 0.05) is 10.6 Å². The van der Waals surface area contributed by atoms with E-state index in [1.54, 1.807) is 0 Å². The van der Waals surface area contributed by atoms with Crippen molar-refractivity contribution in [3.63, 3.8) is 0 Å². The molecule has 1 aromatic rings. The molecular formula is C11H13ClO2. The molecule has 1 fully saturated rings. The summed E-state index contributed by atoms with van der Waals surface area (Å²) in [4.78, 5) is 0. The van der Waals surface area contributed by atoms with Gasteiger partial charge in [-0.15, -0.1) is 0 Å². The van der Waals surface area contributed by atoms with E-state index in [4.69, 9.17) is 21.1 Å². The molecule has 0 saturated carbocycles. The first-order valence-corrected chi connectivity index (χ1v) is 5.13. The van der Waals surface area contributed by atoms with Crippen LogP contribution in [0.25, 0.3) is 0 Å². The van der Waals surface area contributed by atoms with Gasteiger partial charge >= 0.3 is 0 Å². The molecule has 2 rings (SSSR count). The fraction of sp³-hybridized carbons (Fsp3) is 0.455. The first-order valence-electron chi connectivity index (χ1n) is 4.75. The lowest BCUT2D eigenvalue weighted by Crippen LogP contribution is -2.35. The molecule has 1 aromatic carbocycles. The van der Waals surface area contributed by atoms with Crippen LogP contribution in [0.2, 0.25) is 5.02 Å². The summed E-state index contributed by atoms with van der Waals surface area (Å²) in [5.74, 6) is -0.670. The van der Waals surface area contributed by atoms with Crippen molar-refractivity contribution in [1.29, 1.82) is 0 Å². The summed E-state index contributed by atoms with van der Waals surface area (Å²) >= 11 is 6.09. The Labute approximate surface area is 88.8 Å². The van der Waals surface area contributed by atoms with Crippen molar-refractivity contribution < 1.29 is 9.47 Å². The standard InChI is InChI=1S/C11H13ClO2/c1-11(13-7-4-8-14-11)9-5-2-3-6-10(9)12/h2-3,5-6H,4,7-8H2,1H3. The number of rotatable bonds is 1. The molecule has 0 aromatic heterocycles. The van der Waals surface area contributed by atoms with Gasteiger partial charge in [-0.2, -0.15) is 0 Å². The fourth-order valence-corrected chi connectivity index (χ4v) is 1.93. The molecule has 1 aliphatic rings. The zero-order chi connectivity index (χ0) is 10.0. The largest absolute Gasteiger partial charge is 0.346 e. The van der Waals surface area contributed by atoms with Crippen LogP contribution in [0.5, 0.6) is 0 Å². The molecule has 0 unspecified atom stereocenters. The summed E-state index contributed by atoms with van der Waals surface area (Å²) in [6.45, 7) is 3.36. The second-order valence-corrected chi connectivity index (χ2v) is 3.88. The van der Waals surface area contributed by atoms with E-state index in [1.807, 2.05) is 31.2 Å². The van der Waals surface area contributed by atoms with Gasteiger partial charge in [0.05, 0.1) is 13.2 Å². The van der Waals surface area contributed by atoms with Crippen LogP contribution in [0.15, 0.2) is 24.3 Å². The minimum Gasteiger partial charge on any atom is -0.346 e. The summed E-state index contributed by atoms with van der Waals surface area (Å²) in [5.41, 5.74) is 0.904. The molecule has 1 saturated heterocycles. The van der Waals surface area contributed by atoms with Gasteiger partial charge in [-0.1, -0.05) is 29.8 Å². The summed E-state index contributed by atoms with van der Waals surface area (Å²) in [6, 6.07) is 7.63. The molecule has 0 aliphatic carbocycles. The van der Waals surface area contributed by atoms with Crippen LogP contribution in [-0.2, 0) is 15.3 Å². The minimum atomic E-state index is -0.670. The first kappa shape index (κ1) is 9.97. The van der Waals surface area contributed by atoms with E-state index in [0.717, 1.165) is 25.2 Å². The van der Waals surface area contributed by atoms with Gasteiger partial charge in [-0.3, -0.25) is 0 Å². The van der Waals surface area contributed by atoms with Crippen molar-refractivity contribution in [3.05, 3.63) is 34.9 Å². The molecule has 3 heteroatoms. The van der Waals surface area contributed by atoms with Gasteiger partial charge < -0.3 is 9.47 Å². The van der Waals surface area contributed by atoms with Crippen LogP contribution in [0.3, 0.4) is 0 Å². The molecule has 2 nitrogen and oxygen atoms in total. The summed E-state index contributed by atoms with van der Waals surface area (Å²) in [5, 5.41) is 0.692. The van der Waals surface area contributed by atoms with Gasteiger partial charge in [0.1, 0.15) is 0 Å². The molecule has 1 heterocycles. The Bertz CT molecular complexity index is 319. The van der Waals surface area contributed by atoms with Crippen molar-refractivity contribution in [2.45, 2.75) is 19.1 Å². The smallest absolute Gasteiger partial charge is 0.193 e. The number of hydrogen-bond acceptors (Lipinski definition) is 2. The molecule has 0 atom stereocenters. The van der Waals surface area contributed by atoms with Crippen LogP contribution in [0.1, 0.15) is 18.9 Å². The van der Waals surface area contributed by atoms with E-state index in [-0.39, 0.29) is 0 Å². The topological polar surface area (TPSA) is 18.5 Å². The van der Waals surface area contributed by atoms with Crippen molar-refractivity contribution in [3.8, 4) is 0 Å². The number of ether oxygens (including phenoxy) is 2. The van der Waals surface area contributed by atoms with Gasteiger partial charge in [0.15, 0.2) is 5.79 Å². The molecule has 0 spiro atoms. The number of benzene rings is 1. The quantitative estimate of drug-likeness (QED) is 0.713. The first-order chi connectivity index (χ1) is 6.72. The monoisotopic (exact) mass is 212 g/mol. The Balaban J connectivity index is 2.32. The third kappa shape index (κ3) is 1.78. The second kappa shape index (κ2) is 3.89. The van der Waals surface area contributed by atoms with Gasteiger partial charge in [-0.25, -0.2) is 0 Å². The van der Waals surface area contributed by atoms with Crippen molar-refractivity contribution in [2.24, 2.45) is 0 Å². The molecular weight excluding hydrogens is 200 g/mol. The van der Waals surface area contributed by atoms with Crippen LogP contribution in [0, 0.1) is 0 Å². The van der Waals surface area contributed by atoms with E-state index < -0.39 is 5.79 Å². The highest BCUT2D eigenvalue weighted by molar-refractivity contribution is 6.31. The zero-order valence-electron chi connectivity index (χ0n) is 8.13. The maximum atomic E-state index is 6.09. The van der Waals surface area contributed by atoms with Crippen LogP contribution >= 0.6 is 11.6 Å². The van der Waals surface area contributed by atoms with Crippen molar-refractivity contribution in [2.75, 3.05) is 13.2 Å². The molecule has 0 amide bonds. The predicted octanol–water partition coefficient (Wildman–Crippen LogP) is 2.95. The Morgan fingerprint density at radius 3 is 2.50 bits per heavy atom. The molecule has 0 N–H and O–H groups in total. The second-order valence-electron chi connectivity index (χ2n) is 3.48. The zero-order valence-corrected chi connectivity index (χ0v) is 8.88. The lowest BCUT2D eigenvalue weighted by molar-refractivity contribution is -0.264. The van der Waals surface area contributed by atoms with E-state index >= 15 is 0 Å². The highest BCUT2D eigenvalue weighted by Gasteiger charge is 2.32. The van der Waals surface area contributed by atoms with Crippen molar-refractivity contribution in [1.82, 2.24) is 0 Å². The number of hydrogen-bond donors (Lipinski definition) is 0. The highest BCUT2D eigenvalue weighted by atomic mass is 35.5. The van der Waals surface area contributed by atoms with Gasteiger partial charge in [-0.05, 0) is 19.4 Å². The van der Waals surface area contributed by atoms with Crippen LogP contribution < -0.4 is 0 Å². The lowest BCUT2D eigenvalue weighted by atomic mass is 10.1.